The van der Waals surface area contributed by atoms with Gasteiger partial charge in [-0.2, -0.15) is 26.3 Å². The molecule has 8 aliphatic heterocycles. The lowest BCUT2D eigenvalue weighted by Gasteiger charge is -2.63. The molecule has 2 saturated carbocycles. The highest BCUT2D eigenvalue weighted by Gasteiger charge is 2.79. The number of fused-ring (bicyclic) bond motifs is 4. The second kappa shape index (κ2) is 12.1. The summed E-state index contributed by atoms with van der Waals surface area (Å²) in [5.41, 5.74) is -2.86. The van der Waals surface area contributed by atoms with Crippen molar-refractivity contribution in [3.8, 4) is 0 Å². The largest absolute Gasteiger partial charge is 0.443 e. The van der Waals surface area contributed by atoms with Gasteiger partial charge >= 0.3 is 12.4 Å². The van der Waals surface area contributed by atoms with Gasteiger partial charge in [-0.1, -0.05) is 27.7 Å². The molecule has 0 aromatic rings. The van der Waals surface area contributed by atoms with E-state index in [1.165, 1.54) is 27.7 Å². The minimum atomic E-state index is -5.31. The SMILES string of the molecule is C[C@@H]1CC[C@H]2[C@@H](C)[C@](OCS(=O)(=O)CO[C@@]3(C(F)(F)F)O[C@@H]4O[C@]5(C)CC[C@H]6[C@H](C)CC[C@@H]([C@H]3C)[C@@]46OO5)(C(F)(F)F)O[C@@H]3O[C@]4(C)CC[C@@H]1[C@]32OO4. The molecule has 8 heterocycles. The Kier molecular flexibility index (Phi) is 8.88. The Balaban J connectivity index is 1.07. The molecule has 2 spiro atoms. The predicted octanol–water partition coefficient (Wildman–Crippen LogP) is 6.63. The third-order valence-electron chi connectivity index (χ3n) is 14.2. The Bertz CT molecular complexity index is 1460. The van der Waals surface area contributed by atoms with Crippen LogP contribution in [-0.4, -0.2) is 79.6 Å². The number of alkyl halides is 6. The molecule has 53 heavy (non-hydrogen) atoms. The van der Waals surface area contributed by atoms with E-state index in [0.29, 0.717) is 38.5 Å². The van der Waals surface area contributed by atoms with Crippen LogP contribution < -0.4 is 0 Å². The number of hydrogen-bond acceptors (Lipinski definition) is 12. The predicted molar refractivity (Wildman–Crippen MR) is 164 cm³/mol. The smallest absolute Gasteiger partial charge is 0.326 e. The monoisotopic (exact) mass is 794 g/mol. The molecule has 304 valence electrons. The van der Waals surface area contributed by atoms with Crippen molar-refractivity contribution in [2.75, 3.05) is 11.9 Å². The second-order valence-electron chi connectivity index (χ2n) is 17.2. The van der Waals surface area contributed by atoms with Gasteiger partial charge in [-0.3, -0.25) is 0 Å². The van der Waals surface area contributed by atoms with E-state index in [0.717, 1.165) is 0 Å². The summed E-state index contributed by atoms with van der Waals surface area (Å²) in [7, 11) is -5.00. The molecule has 0 N–H and O–H groups in total. The number of ether oxygens (including phenoxy) is 6. The van der Waals surface area contributed by atoms with Crippen molar-refractivity contribution < 1.29 is 82.7 Å². The minimum absolute atomic E-state index is 0.0256. The van der Waals surface area contributed by atoms with Crippen LogP contribution in [0.15, 0.2) is 0 Å². The summed E-state index contributed by atoms with van der Waals surface area (Å²) in [6.07, 6.45) is -10.7. The fourth-order valence-corrected chi connectivity index (χ4v) is 12.1. The molecule has 10 fully saturated rings. The maximum atomic E-state index is 15.3. The molecule has 0 unspecified atom stereocenters. The van der Waals surface area contributed by atoms with Crippen LogP contribution >= 0.6 is 0 Å². The standard InChI is InChI=1S/C34H48F6O12S/c1-17-7-9-23-19(3)31(33(35,36)37,47-25-29(23)21(17)11-13-27(5,45-25)49-51-29)43-15-53(41,42)16-44-32(34(38,39)40)20(4)24-10-8-18(2)22-12-14-28(6)46-26(48-32)30(22,24)52-50-28/h17-26H,7-16H2,1-6H3/t17-,18-,19-,20-,21+,22+,23+,24+,25+,26+,27+,28+,29-,30-,31-,32-/m1/s1. The summed E-state index contributed by atoms with van der Waals surface area (Å²) in [5.74, 6) is -18.8. The maximum absolute atomic E-state index is 15.3. The quantitative estimate of drug-likeness (QED) is 0.212. The Morgan fingerprint density at radius 3 is 1.30 bits per heavy atom. The van der Waals surface area contributed by atoms with Crippen LogP contribution in [-0.2, 0) is 57.8 Å². The molecule has 0 radical (unpaired) electrons. The van der Waals surface area contributed by atoms with Crippen LogP contribution in [0.2, 0.25) is 0 Å². The van der Waals surface area contributed by atoms with Crippen molar-refractivity contribution in [3.63, 3.8) is 0 Å². The lowest BCUT2D eigenvalue weighted by atomic mass is 9.57. The van der Waals surface area contributed by atoms with Crippen LogP contribution in [0, 0.1) is 47.3 Å². The Morgan fingerprint density at radius 2 is 0.943 bits per heavy atom. The van der Waals surface area contributed by atoms with Crippen molar-refractivity contribution >= 4 is 9.84 Å². The Morgan fingerprint density at radius 1 is 0.566 bits per heavy atom. The van der Waals surface area contributed by atoms with E-state index in [-0.39, 0.29) is 36.5 Å². The Labute approximate surface area is 303 Å². The zero-order valence-corrected chi connectivity index (χ0v) is 31.2. The van der Waals surface area contributed by atoms with Crippen LogP contribution in [0.3, 0.4) is 0 Å². The first-order chi connectivity index (χ1) is 24.5. The fourth-order valence-electron chi connectivity index (χ4n) is 11.4. The van der Waals surface area contributed by atoms with Gasteiger partial charge in [0.05, 0.1) is 0 Å². The van der Waals surface area contributed by atoms with Gasteiger partial charge in [-0.05, 0) is 76.0 Å². The van der Waals surface area contributed by atoms with Crippen molar-refractivity contribution in [2.45, 2.75) is 152 Å². The van der Waals surface area contributed by atoms with Crippen LogP contribution in [0.5, 0.6) is 0 Å². The molecule has 4 bridgehead atoms. The van der Waals surface area contributed by atoms with Gasteiger partial charge in [0.25, 0.3) is 11.6 Å². The Hall–Kier alpha value is -0.870. The first kappa shape index (κ1) is 39.0. The molecule has 2 aliphatic carbocycles. The summed E-state index contributed by atoms with van der Waals surface area (Å²) in [6.45, 7) is 9.45. The first-order valence-electron chi connectivity index (χ1n) is 18.5. The van der Waals surface area contributed by atoms with Gasteiger partial charge < -0.3 is 28.4 Å². The lowest BCUT2D eigenvalue weighted by molar-refractivity contribution is -0.598. The van der Waals surface area contributed by atoms with E-state index >= 15 is 26.3 Å². The molecule has 0 aromatic carbocycles. The highest BCUT2D eigenvalue weighted by atomic mass is 32.2. The van der Waals surface area contributed by atoms with Gasteiger partial charge in [0.2, 0.25) is 11.6 Å². The van der Waals surface area contributed by atoms with E-state index in [1.807, 2.05) is 13.8 Å². The van der Waals surface area contributed by atoms with Crippen LogP contribution in [0.25, 0.3) is 0 Å². The molecular weight excluding hydrogens is 746 g/mol. The topological polar surface area (TPSA) is 126 Å². The van der Waals surface area contributed by atoms with E-state index in [9.17, 15) is 8.42 Å². The third kappa shape index (κ3) is 5.40. The molecule has 16 atom stereocenters. The summed E-state index contributed by atoms with van der Waals surface area (Å²) in [6, 6.07) is 0. The number of hydrogen-bond donors (Lipinski definition) is 0. The van der Waals surface area contributed by atoms with Crippen molar-refractivity contribution in [1.82, 2.24) is 0 Å². The normalized spacial score (nSPS) is 53.7. The third-order valence-corrected chi connectivity index (χ3v) is 15.2. The van der Waals surface area contributed by atoms with E-state index in [1.54, 1.807) is 0 Å². The summed E-state index contributed by atoms with van der Waals surface area (Å²) in [4.78, 5) is 23.1. The fraction of sp³-hybridized carbons (Fsp3) is 1.00. The molecule has 10 aliphatic rings. The zero-order valence-electron chi connectivity index (χ0n) is 30.4. The molecular formula is C34H48F6O12S. The first-order valence-corrected chi connectivity index (χ1v) is 20.4. The molecule has 10 rings (SSSR count). The lowest BCUT2D eigenvalue weighted by Crippen LogP contribution is -2.76. The average Bonchev–Trinajstić information content (AvgIpc) is 3.43. The van der Waals surface area contributed by atoms with E-state index in [4.69, 9.17) is 48.0 Å². The average molecular weight is 795 g/mol. The maximum Gasteiger partial charge on any atom is 0.443 e. The van der Waals surface area contributed by atoms with E-state index < -0.39 is 105 Å². The minimum Gasteiger partial charge on any atom is -0.326 e. The summed E-state index contributed by atoms with van der Waals surface area (Å²) >= 11 is 0. The van der Waals surface area contributed by atoms with Crippen LogP contribution in [0.1, 0.15) is 92.9 Å². The zero-order chi connectivity index (χ0) is 38.4. The summed E-state index contributed by atoms with van der Waals surface area (Å²) < 4.78 is 153. The number of sulfone groups is 1. The highest BCUT2D eigenvalue weighted by molar-refractivity contribution is 7.91. The molecule has 19 heteroatoms. The molecule has 0 aromatic heterocycles. The van der Waals surface area contributed by atoms with Gasteiger partial charge in [0.15, 0.2) is 45.5 Å². The number of halogens is 6. The van der Waals surface area contributed by atoms with Crippen molar-refractivity contribution in [3.05, 3.63) is 0 Å². The molecule has 12 nitrogen and oxygen atoms in total. The molecule has 0 amide bonds. The number of rotatable bonds is 6. The van der Waals surface area contributed by atoms with Crippen molar-refractivity contribution in [2.24, 2.45) is 47.3 Å². The van der Waals surface area contributed by atoms with Gasteiger partial charge in [-0.15, -0.1) is 0 Å². The van der Waals surface area contributed by atoms with Gasteiger partial charge in [0.1, 0.15) is 0 Å². The molecule has 8 saturated heterocycles. The van der Waals surface area contributed by atoms with Gasteiger partial charge in [0, 0.05) is 36.5 Å². The van der Waals surface area contributed by atoms with Crippen molar-refractivity contribution in [1.29, 1.82) is 0 Å². The highest BCUT2D eigenvalue weighted by Crippen LogP contribution is 2.66. The van der Waals surface area contributed by atoms with E-state index in [2.05, 4.69) is 0 Å². The summed E-state index contributed by atoms with van der Waals surface area (Å²) in [5, 5.41) is 0. The van der Waals surface area contributed by atoms with Crippen LogP contribution in [0.4, 0.5) is 26.3 Å². The van der Waals surface area contributed by atoms with Gasteiger partial charge in [-0.25, -0.2) is 28.0 Å². The second-order valence-corrected chi connectivity index (χ2v) is 19.2.